The molecule has 0 bridgehead atoms. The molecule has 0 spiro atoms. The Labute approximate surface area is 127 Å². The highest BCUT2D eigenvalue weighted by Crippen LogP contribution is 2.07. The van der Waals surface area contributed by atoms with Gasteiger partial charge in [-0.3, -0.25) is 14.6 Å². The maximum atomic E-state index is 11.8. The Hall–Kier alpha value is -2.40. The Kier molecular flexibility index (Phi) is 5.29. The molecule has 2 rings (SSSR count). The third-order valence-electron chi connectivity index (χ3n) is 2.70. The van der Waals surface area contributed by atoms with Crippen LogP contribution in [0, 0.1) is 0 Å². The number of rotatable bonds is 5. The first kappa shape index (κ1) is 15.0. The quantitative estimate of drug-likeness (QED) is 0.884. The van der Waals surface area contributed by atoms with Crippen molar-refractivity contribution in [3.8, 4) is 0 Å². The largest absolute Gasteiger partial charge is 0.350 e. The Morgan fingerprint density at radius 3 is 2.57 bits per heavy atom. The van der Waals surface area contributed by atoms with Gasteiger partial charge in [-0.1, -0.05) is 41.9 Å². The third-order valence-corrected chi connectivity index (χ3v) is 2.93. The fourth-order valence-electron chi connectivity index (χ4n) is 1.64. The number of pyridine rings is 1. The number of nitrogens with zero attached hydrogens (tertiary/aromatic N) is 1. The van der Waals surface area contributed by atoms with Crippen molar-refractivity contribution in [1.29, 1.82) is 0 Å². The summed E-state index contributed by atoms with van der Waals surface area (Å²) in [5.74, 6) is -0.707. The van der Waals surface area contributed by atoms with Gasteiger partial charge in [0.2, 0.25) is 5.91 Å². The van der Waals surface area contributed by atoms with E-state index in [1.807, 2.05) is 30.3 Å². The molecule has 1 heterocycles. The highest BCUT2D eigenvalue weighted by Gasteiger charge is 2.09. The van der Waals surface area contributed by atoms with Gasteiger partial charge in [-0.05, 0) is 17.7 Å². The number of hydrogen-bond acceptors (Lipinski definition) is 3. The number of benzene rings is 1. The molecule has 1 aromatic carbocycles. The zero-order valence-electron chi connectivity index (χ0n) is 11.2. The van der Waals surface area contributed by atoms with E-state index in [0.717, 1.165) is 5.56 Å². The van der Waals surface area contributed by atoms with Crippen LogP contribution < -0.4 is 10.6 Å². The fraction of sp³-hybridized carbons (Fsp3) is 0.133. The summed E-state index contributed by atoms with van der Waals surface area (Å²) in [5, 5.41) is 5.63. The predicted molar refractivity (Wildman–Crippen MR) is 79.9 cm³/mol. The average molecular weight is 304 g/mol. The lowest BCUT2D eigenvalue weighted by atomic mass is 10.2. The van der Waals surface area contributed by atoms with E-state index in [-0.39, 0.29) is 18.1 Å². The van der Waals surface area contributed by atoms with Crippen molar-refractivity contribution in [2.24, 2.45) is 0 Å². The minimum absolute atomic E-state index is 0.111. The van der Waals surface area contributed by atoms with Crippen molar-refractivity contribution in [1.82, 2.24) is 15.6 Å². The molecule has 21 heavy (non-hydrogen) atoms. The SMILES string of the molecule is O=C(CNC(=O)c1cc(Cl)ccn1)NCc1ccccc1. The van der Waals surface area contributed by atoms with Gasteiger partial charge in [0.25, 0.3) is 5.91 Å². The van der Waals surface area contributed by atoms with Gasteiger partial charge in [0.1, 0.15) is 5.69 Å². The number of nitrogens with one attached hydrogen (secondary N) is 2. The summed E-state index contributed by atoms with van der Waals surface area (Å²) < 4.78 is 0. The molecule has 5 nitrogen and oxygen atoms in total. The van der Waals surface area contributed by atoms with Gasteiger partial charge in [0.15, 0.2) is 0 Å². The summed E-state index contributed by atoms with van der Waals surface area (Å²) in [4.78, 5) is 27.3. The van der Waals surface area contributed by atoms with Crippen molar-refractivity contribution >= 4 is 23.4 Å². The molecule has 0 saturated heterocycles. The maximum absolute atomic E-state index is 11.8. The highest BCUT2D eigenvalue weighted by atomic mass is 35.5. The number of amides is 2. The Morgan fingerprint density at radius 1 is 1.10 bits per heavy atom. The lowest BCUT2D eigenvalue weighted by Gasteiger charge is -2.07. The Bertz CT molecular complexity index is 632. The number of halogens is 1. The summed E-state index contributed by atoms with van der Waals surface area (Å²) in [5.41, 5.74) is 1.17. The van der Waals surface area contributed by atoms with Crippen LogP contribution in [0.4, 0.5) is 0 Å². The summed E-state index contributed by atoms with van der Waals surface area (Å²) in [6.07, 6.45) is 1.44. The van der Waals surface area contributed by atoms with Crippen LogP contribution >= 0.6 is 11.6 Å². The lowest BCUT2D eigenvalue weighted by molar-refractivity contribution is -0.120. The number of carbonyl (C=O) groups is 2. The van der Waals surface area contributed by atoms with Crippen LogP contribution in [0.2, 0.25) is 5.02 Å². The molecule has 0 fully saturated rings. The maximum Gasteiger partial charge on any atom is 0.270 e. The van der Waals surface area contributed by atoms with E-state index in [4.69, 9.17) is 11.6 Å². The third kappa shape index (κ3) is 4.89. The molecule has 0 aliphatic rings. The van der Waals surface area contributed by atoms with Crippen LogP contribution in [0.3, 0.4) is 0 Å². The Morgan fingerprint density at radius 2 is 1.86 bits per heavy atom. The van der Waals surface area contributed by atoms with Crippen LogP contribution in [0.25, 0.3) is 0 Å². The Balaban J connectivity index is 1.77. The number of carbonyl (C=O) groups excluding carboxylic acids is 2. The molecule has 2 aromatic rings. The predicted octanol–water partition coefficient (Wildman–Crippen LogP) is 1.78. The smallest absolute Gasteiger partial charge is 0.270 e. The van der Waals surface area contributed by atoms with Crippen LogP contribution in [-0.2, 0) is 11.3 Å². The van der Waals surface area contributed by atoms with Gasteiger partial charge in [0.05, 0.1) is 6.54 Å². The van der Waals surface area contributed by atoms with Crippen LogP contribution in [0.15, 0.2) is 48.7 Å². The molecule has 1 aromatic heterocycles. The lowest BCUT2D eigenvalue weighted by Crippen LogP contribution is -2.36. The van der Waals surface area contributed by atoms with E-state index in [9.17, 15) is 9.59 Å². The fourth-order valence-corrected chi connectivity index (χ4v) is 1.80. The molecule has 0 atom stereocenters. The van der Waals surface area contributed by atoms with Gasteiger partial charge in [0, 0.05) is 17.8 Å². The van der Waals surface area contributed by atoms with Gasteiger partial charge >= 0.3 is 0 Å². The molecule has 0 unspecified atom stereocenters. The number of hydrogen-bond donors (Lipinski definition) is 2. The minimum Gasteiger partial charge on any atom is -0.350 e. The second-order valence-electron chi connectivity index (χ2n) is 4.30. The average Bonchev–Trinajstić information content (AvgIpc) is 2.51. The van der Waals surface area contributed by atoms with Gasteiger partial charge < -0.3 is 10.6 Å². The minimum atomic E-state index is -0.438. The highest BCUT2D eigenvalue weighted by molar-refractivity contribution is 6.30. The van der Waals surface area contributed by atoms with Crippen LogP contribution in [0.5, 0.6) is 0 Å². The monoisotopic (exact) mass is 303 g/mol. The standard InChI is InChI=1S/C15H14ClN3O2/c16-12-6-7-17-13(8-12)15(21)19-10-14(20)18-9-11-4-2-1-3-5-11/h1-8H,9-10H2,(H,18,20)(H,19,21). The van der Waals surface area contributed by atoms with Crippen LogP contribution in [0.1, 0.15) is 16.1 Å². The van der Waals surface area contributed by atoms with Crippen molar-refractivity contribution in [2.45, 2.75) is 6.54 Å². The van der Waals surface area contributed by atoms with Gasteiger partial charge in [-0.25, -0.2) is 0 Å². The van der Waals surface area contributed by atoms with E-state index in [1.165, 1.54) is 12.3 Å². The molecule has 0 saturated carbocycles. The topological polar surface area (TPSA) is 71.1 Å². The molecule has 0 aliphatic carbocycles. The summed E-state index contributed by atoms with van der Waals surface area (Å²) >= 11 is 5.77. The van der Waals surface area contributed by atoms with E-state index in [0.29, 0.717) is 11.6 Å². The van der Waals surface area contributed by atoms with Crippen LogP contribution in [-0.4, -0.2) is 23.3 Å². The first-order valence-corrected chi connectivity index (χ1v) is 6.73. The van der Waals surface area contributed by atoms with E-state index >= 15 is 0 Å². The summed E-state index contributed by atoms with van der Waals surface area (Å²) in [7, 11) is 0. The zero-order chi connectivity index (χ0) is 15.1. The first-order valence-electron chi connectivity index (χ1n) is 6.35. The second kappa shape index (κ2) is 7.40. The van der Waals surface area contributed by atoms with E-state index in [1.54, 1.807) is 6.07 Å². The molecule has 2 amide bonds. The number of aromatic nitrogens is 1. The zero-order valence-corrected chi connectivity index (χ0v) is 11.9. The second-order valence-corrected chi connectivity index (χ2v) is 4.74. The molecule has 6 heteroatoms. The van der Waals surface area contributed by atoms with Crippen molar-refractivity contribution in [2.75, 3.05) is 6.54 Å². The van der Waals surface area contributed by atoms with E-state index < -0.39 is 5.91 Å². The van der Waals surface area contributed by atoms with Gasteiger partial charge in [-0.2, -0.15) is 0 Å². The normalized spacial score (nSPS) is 9.95. The molecule has 0 radical (unpaired) electrons. The van der Waals surface area contributed by atoms with Crippen molar-refractivity contribution in [3.63, 3.8) is 0 Å². The summed E-state index contributed by atoms with van der Waals surface area (Å²) in [6, 6.07) is 12.5. The summed E-state index contributed by atoms with van der Waals surface area (Å²) in [6.45, 7) is 0.310. The van der Waals surface area contributed by atoms with Gasteiger partial charge in [-0.15, -0.1) is 0 Å². The van der Waals surface area contributed by atoms with Crippen molar-refractivity contribution < 1.29 is 9.59 Å². The molecule has 0 aliphatic heterocycles. The van der Waals surface area contributed by atoms with Crippen molar-refractivity contribution in [3.05, 3.63) is 64.9 Å². The molecule has 108 valence electrons. The molecular formula is C15H14ClN3O2. The molecular weight excluding hydrogens is 290 g/mol. The first-order chi connectivity index (χ1) is 10.1. The molecule has 2 N–H and O–H groups in total. The van der Waals surface area contributed by atoms with E-state index in [2.05, 4.69) is 15.6 Å².